The molecule has 0 aliphatic carbocycles. The van der Waals surface area contributed by atoms with Gasteiger partial charge in [0.15, 0.2) is 0 Å². The highest BCUT2D eigenvalue weighted by atomic mass is 35.5. The van der Waals surface area contributed by atoms with Gasteiger partial charge in [-0.3, -0.25) is 0 Å². The van der Waals surface area contributed by atoms with Crippen LogP contribution in [0, 0.1) is 12.7 Å². The van der Waals surface area contributed by atoms with Crippen LogP contribution in [0.3, 0.4) is 0 Å². The molecule has 0 bridgehead atoms. The van der Waals surface area contributed by atoms with Gasteiger partial charge < -0.3 is 4.57 Å². The lowest BCUT2D eigenvalue weighted by Gasteiger charge is -1.96. The molecule has 0 unspecified atom stereocenters. The van der Waals surface area contributed by atoms with Crippen molar-refractivity contribution < 1.29 is 4.39 Å². The number of nitrogens with zero attached hydrogens (tertiary/aromatic N) is 1. The van der Waals surface area contributed by atoms with E-state index in [0.29, 0.717) is 10.5 Å². The number of hydrogen-bond donors (Lipinski definition) is 0. The quantitative estimate of drug-likeness (QED) is 0.611. The zero-order valence-electron chi connectivity index (χ0n) is 7.44. The van der Waals surface area contributed by atoms with E-state index >= 15 is 0 Å². The molecule has 0 amide bonds. The maximum atomic E-state index is 13.4. The number of hydrogen-bond acceptors (Lipinski definition) is 0. The molecule has 0 fully saturated rings. The van der Waals surface area contributed by atoms with Crippen LogP contribution in [0.5, 0.6) is 0 Å². The maximum absolute atomic E-state index is 13.4. The largest absolute Gasteiger partial charge is 0.334 e. The van der Waals surface area contributed by atoms with E-state index in [0.717, 1.165) is 11.1 Å². The molecule has 13 heavy (non-hydrogen) atoms. The lowest BCUT2D eigenvalue weighted by molar-refractivity contribution is 0.639. The maximum Gasteiger partial charge on any atom is 0.132 e. The molecule has 1 aromatic carbocycles. The minimum Gasteiger partial charge on any atom is -0.334 e. The van der Waals surface area contributed by atoms with Gasteiger partial charge >= 0.3 is 0 Å². The summed E-state index contributed by atoms with van der Waals surface area (Å²) in [4.78, 5) is 0. The summed E-state index contributed by atoms with van der Waals surface area (Å²) >= 11 is 5.99. The van der Waals surface area contributed by atoms with Gasteiger partial charge in [0.05, 0.1) is 5.52 Å². The molecule has 2 rings (SSSR count). The second-order valence-electron chi connectivity index (χ2n) is 3.11. The second kappa shape index (κ2) is 2.74. The minimum absolute atomic E-state index is 0.211. The summed E-state index contributed by atoms with van der Waals surface area (Å²) in [5, 5.41) is 1.22. The van der Waals surface area contributed by atoms with Crippen LogP contribution in [-0.4, -0.2) is 4.57 Å². The van der Waals surface area contributed by atoms with Crippen molar-refractivity contribution in [3.05, 3.63) is 34.7 Å². The van der Waals surface area contributed by atoms with Gasteiger partial charge in [-0.15, -0.1) is 0 Å². The van der Waals surface area contributed by atoms with E-state index in [2.05, 4.69) is 0 Å². The standard InChI is InChI=1S/C10H9ClFN/c1-6-9-7(12)4-3-5-8(9)13(2)10(6)11/h3-5H,1-2H3. The SMILES string of the molecule is Cc1c(Cl)n(C)c2cccc(F)c12. The summed E-state index contributed by atoms with van der Waals surface area (Å²) < 4.78 is 15.2. The van der Waals surface area contributed by atoms with Gasteiger partial charge in [-0.05, 0) is 24.6 Å². The number of benzene rings is 1. The smallest absolute Gasteiger partial charge is 0.132 e. The number of fused-ring (bicyclic) bond motifs is 1. The summed E-state index contributed by atoms with van der Waals surface area (Å²) in [5.74, 6) is -0.211. The van der Waals surface area contributed by atoms with Crippen molar-refractivity contribution in [1.82, 2.24) is 4.57 Å². The van der Waals surface area contributed by atoms with Crippen LogP contribution < -0.4 is 0 Å². The number of rotatable bonds is 0. The van der Waals surface area contributed by atoms with Crippen LogP contribution >= 0.6 is 11.6 Å². The van der Waals surface area contributed by atoms with Gasteiger partial charge in [-0.2, -0.15) is 0 Å². The van der Waals surface area contributed by atoms with E-state index in [1.54, 1.807) is 10.6 Å². The molecular formula is C10H9ClFN. The Morgan fingerprint density at radius 1 is 1.38 bits per heavy atom. The van der Waals surface area contributed by atoms with Crippen LogP contribution in [0.1, 0.15) is 5.56 Å². The third-order valence-corrected chi connectivity index (χ3v) is 2.87. The summed E-state index contributed by atoms with van der Waals surface area (Å²) in [6.07, 6.45) is 0. The Balaban J connectivity index is 3.03. The first-order valence-electron chi connectivity index (χ1n) is 4.02. The summed E-state index contributed by atoms with van der Waals surface area (Å²) in [6, 6.07) is 5.00. The van der Waals surface area contributed by atoms with Crippen molar-refractivity contribution in [3.8, 4) is 0 Å². The van der Waals surface area contributed by atoms with Gasteiger partial charge in [0.2, 0.25) is 0 Å². The highest BCUT2D eigenvalue weighted by Gasteiger charge is 2.12. The first-order chi connectivity index (χ1) is 6.13. The Kier molecular flexibility index (Phi) is 1.81. The summed E-state index contributed by atoms with van der Waals surface area (Å²) in [6.45, 7) is 1.83. The van der Waals surface area contributed by atoms with E-state index in [1.807, 2.05) is 20.0 Å². The number of aromatic nitrogens is 1. The first-order valence-corrected chi connectivity index (χ1v) is 4.39. The molecule has 1 nitrogen and oxygen atoms in total. The molecule has 2 aromatic rings. The molecule has 0 saturated heterocycles. The molecule has 0 aliphatic rings. The Morgan fingerprint density at radius 3 is 2.69 bits per heavy atom. The van der Waals surface area contributed by atoms with Crippen molar-refractivity contribution in [3.63, 3.8) is 0 Å². The average Bonchev–Trinajstić information content (AvgIpc) is 2.33. The zero-order valence-corrected chi connectivity index (χ0v) is 8.19. The van der Waals surface area contributed by atoms with Gasteiger partial charge in [-0.25, -0.2) is 4.39 Å². The van der Waals surface area contributed by atoms with Gasteiger partial charge in [0.25, 0.3) is 0 Å². The molecular weight excluding hydrogens is 189 g/mol. The van der Waals surface area contributed by atoms with Crippen molar-refractivity contribution in [2.75, 3.05) is 0 Å². The Hall–Kier alpha value is -1.02. The van der Waals surface area contributed by atoms with Crippen molar-refractivity contribution in [1.29, 1.82) is 0 Å². The second-order valence-corrected chi connectivity index (χ2v) is 3.47. The Morgan fingerprint density at radius 2 is 2.08 bits per heavy atom. The van der Waals surface area contributed by atoms with Crippen LogP contribution in [0.4, 0.5) is 4.39 Å². The summed E-state index contributed by atoms with van der Waals surface area (Å²) in [5.41, 5.74) is 1.64. The predicted octanol–water partition coefficient (Wildman–Crippen LogP) is 3.28. The highest BCUT2D eigenvalue weighted by Crippen LogP contribution is 2.29. The normalized spacial score (nSPS) is 11.1. The van der Waals surface area contributed by atoms with Crippen LogP contribution in [0.2, 0.25) is 5.15 Å². The lowest BCUT2D eigenvalue weighted by Crippen LogP contribution is -1.86. The number of halogens is 2. The van der Waals surface area contributed by atoms with Crippen molar-refractivity contribution >= 4 is 22.5 Å². The third-order valence-electron chi connectivity index (χ3n) is 2.33. The van der Waals surface area contributed by atoms with Crippen LogP contribution in [0.25, 0.3) is 10.9 Å². The average molecular weight is 198 g/mol. The fourth-order valence-electron chi connectivity index (χ4n) is 1.62. The number of aryl methyl sites for hydroxylation is 2. The first kappa shape index (κ1) is 8.57. The minimum atomic E-state index is -0.211. The molecule has 0 spiro atoms. The molecule has 3 heteroatoms. The molecule has 0 saturated carbocycles. The van der Waals surface area contributed by atoms with Crippen LogP contribution in [0.15, 0.2) is 18.2 Å². The van der Waals surface area contributed by atoms with Gasteiger partial charge in [0, 0.05) is 12.4 Å². The van der Waals surface area contributed by atoms with Crippen molar-refractivity contribution in [2.45, 2.75) is 6.92 Å². The Bertz CT molecular complexity index is 473. The molecule has 0 aliphatic heterocycles. The van der Waals surface area contributed by atoms with E-state index in [1.165, 1.54) is 6.07 Å². The van der Waals surface area contributed by atoms with E-state index in [-0.39, 0.29) is 5.82 Å². The fourth-order valence-corrected chi connectivity index (χ4v) is 1.81. The third kappa shape index (κ3) is 1.05. The van der Waals surface area contributed by atoms with Gasteiger partial charge in [-0.1, -0.05) is 17.7 Å². The molecule has 1 heterocycles. The predicted molar refractivity (Wildman–Crippen MR) is 52.6 cm³/mol. The molecule has 0 radical (unpaired) electrons. The summed E-state index contributed by atoms with van der Waals surface area (Å²) in [7, 11) is 1.83. The monoisotopic (exact) mass is 197 g/mol. The molecule has 0 N–H and O–H groups in total. The topological polar surface area (TPSA) is 4.93 Å². The fraction of sp³-hybridized carbons (Fsp3) is 0.200. The molecule has 68 valence electrons. The molecule has 1 aromatic heterocycles. The highest BCUT2D eigenvalue weighted by molar-refractivity contribution is 6.32. The van der Waals surface area contributed by atoms with Crippen LogP contribution in [-0.2, 0) is 7.05 Å². The lowest BCUT2D eigenvalue weighted by atomic mass is 10.2. The Labute approximate surface area is 80.7 Å². The van der Waals surface area contributed by atoms with Gasteiger partial charge in [0.1, 0.15) is 11.0 Å². The van der Waals surface area contributed by atoms with E-state index < -0.39 is 0 Å². The van der Waals surface area contributed by atoms with E-state index in [4.69, 9.17) is 11.6 Å². The van der Waals surface area contributed by atoms with E-state index in [9.17, 15) is 4.39 Å². The van der Waals surface area contributed by atoms with Crippen molar-refractivity contribution in [2.24, 2.45) is 7.05 Å². The molecule has 0 atom stereocenters. The zero-order chi connectivity index (χ0) is 9.59.